The maximum atomic E-state index is 5.70. The van der Waals surface area contributed by atoms with Gasteiger partial charge in [-0.15, -0.1) is 20.4 Å². The van der Waals surface area contributed by atoms with Crippen LogP contribution in [0.25, 0.3) is 22.9 Å². The van der Waals surface area contributed by atoms with Crippen LogP contribution in [-0.4, -0.2) is 27.5 Å². The largest absolute Gasteiger partial charge is 0.496 e. The molecule has 2 aromatic heterocycles. The van der Waals surface area contributed by atoms with Gasteiger partial charge in [-0.2, -0.15) is 0 Å². The summed E-state index contributed by atoms with van der Waals surface area (Å²) in [6.07, 6.45) is 0. The van der Waals surface area contributed by atoms with Gasteiger partial charge in [-0.05, 0) is 24.3 Å². The topological polar surface area (TPSA) is 87.1 Å². The van der Waals surface area contributed by atoms with Gasteiger partial charge in [0.25, 0.3) is 11.1 Å². The SMILES string of the molecule is COc1ccccc1-c1nnc(SCc2nnc(-c3ccccc3)o2)o1. The first-order valence-electron chi connectivity index (χ1n) is 7.81. The number of hydrogen-bond acceptors (Lipinski definition) is 8. The Kier molecular flexibility index (Phi) is 4.65. The third-order valence-electron chi connectivity index (χ3n) is 3.55. The molecule has 4 aromatic rings. The van der Waals surface area contributed by atoms with Crippen molar-refractivity contribution in [2.75, 3.05) is 7.11 Å². The van der Waals surface area contributed by atoms with E-state index in [-0.39, 0.29) is 0 Å². The fourth-order valence-corrected chi connectivity index (χ4v) is 2.93. The smallest absolute Gasteiger partial charge is 0.277 e. The van der Waals surface area contributed by atoms with Crippen LogP contribution in [-0.2, 0) is 5.75 Å². The summed E-state index contributed by atoms with van der Waals surface area (Å²) < 4.78 is 16.7. The van der Waals surface area contributed by atoms with Gasteiger partial charge in [-0.25, -0.2) is 0 Å². The fourth-order valence-electron chi connectivity index (χ4n) is 2.33. The number of methoxy groups -OCH3 is 1. The van der Waals surface area contributed by atoms with Gasteiger partial charge in [0.15, 0.2) is 0 Å². The number of nitrogens with zero attached hydrogens (tertiary/aromatic N) is 4. The molecule has 7 nitrogen and oxygen atoms in total. The lowest BCUT2D eigenvalue weighted by Crippen LogP contribution is -1.87. The van der Waals surface area contributed by atoms with Crippen molar-refractivity contribution in [3.8, 4) is 28.7 Å². The van der Waals surface area contributed by atoms with Crippen molar-refractivity contribution >= 4 is 11.8 Å². The van der Waals surface area contributed by atoms with E-state index in [4.69, 9.17) is 13.6 Å². The van der Waals surface area contributed by atoms with E-state index in [0.29, 0.717) is 34.4 Å². The summed E-state index contributed by atoms with van der Waals surface area (Å²) in [4.78, 5) is 0. The van der Waals surface area contributed by atoms with Gasteiger partial charge in [0, 0.05) is 5.56 Å². The molecule has 4 rings (SSSR count). The molecular formula is C18H14N4O3S. The average Bonchev–Trinajstić information content (AvgIpc) is 3.36. The zero-order valence-electron chi connectivity index (χ0n) is 13.8. The van der Waals surface area contributed by atoms with Crippen LogP contribution in [0.1, 0.15) is 5.89 Å². The molecule has 130 valence electrons. The Hall–Kier alpha value is -3.13. The number of benzene rings is 2. The number of rotatable bonds is 6. The van der Waals surface area contributed by atoms with Crippen LogP contribution in [0, 0.1) is 0 Å². The van der Waals surface area contributed by atoms with E-state index in [9.17, 15) is 0 Å². The molecule has 8 heteroatoms. The van der Waals surface area contributed by atoms with Crippen molar-refractivity contribution in [1.82, 2.24) is 20.4 Å². The Labute approximate surface area is 153 Å². The molecule has 0 aliphatic carbocycles. The zero-order chi connectivity index (χ0) is 17.8. The van der Waals surface area contributed by atoms with Crippen molar-refractivity contribution in [1.29, 1.82) is 0 Å². The van der Waals surface area contributed by atoms with Crippen molar-refractivity contribution < 1.29 is 13.6 Å². The summed E-state index contributed by atoms with van der Waals surface area (Å²) in [5, 5.41) is 16.7. The first kappa shape index (κ1) is 16.3. The second kappa shape index (κ2) is 7.40. The minimum Gasteiger partial charge on any atom is -0.496 e. The van der Waals surface area contributed by atoms with E-state index in [1.54, 1.807) is 7.11 Å². The molecule has 2 heterocycles. The van der Waals surface area contributed by atoms with Crippen LogP contribution in [0.5, 0.6) is 5.75 Å². The molecule has 0 unspecified atom stereocenters. The van der Waals surface area contributed by atoms with Crippen LogP contribution in [0.3, 0.4) is 0 Å². The summed E-state index contributed by atoms with van der Waals surface area (Å²) >= 11 is 1.33. The van der Waals surface area contributed by atoms with Crippen LogP contribution in [0.2, 0.25) is 0 Å². The number of aromatic nitrogens is 4. The summed E-state index contributed by atoms with van der Waals surface area (Å²) in [5.41, 5.74) is 1.63. The van der Waals surface area contributed by atoms with Crippen LogP contribution in [0.15, 0.2) is 68.7 Å². The van der Waals surface area contributed by atoms with Gasteiger partial charge in [0.1, 0.15) is 5.75 Å². The summed E-state index contributed by atoms with van der Waals surface area (Å²) in [5.74, 6) is 2.50. The number of ether oxygens (including phenoxy) is 1. The number of hydrogen-bond donors (Lipinski definition) is 0. The molecule has 26 heavy (non-hydrogen) atoms. The molecule has 0 bridgehead atoms. The van der Waals surface area contributed by atoms with Crippen LogP contribution < -0.4 is 4.74 Å². The van der Waals surface area contributed by atoms with Crippen molar-refractivity contribution in [2.24, 2.45) is 0 Å². The summed E-state index contributed by atoms with van der Waals surface area (Å²) in [7, 11) is 1.60. The molecule has 0 aliphatic rings. The molecule has 0 spiro atoms. The molecule has 0 fully saturated rings. The quantitative estimate of drug-likeness (QED) is 0.472. The van der Waals surface area contributed by atoms with Gasteiger partial charge in [0.2, 0.25) is 11.8 Å². The highest BCUT2D eigenvalue weighted by atomic mass is 32.2. The molecule has 0 aliphatic heterocycles. The first-order chi connectivity index (χ1) is 12.8. The standard InChI is InChI=1S/C18H14N4O3S/c1-23-14-10-6-5-9-13(14)17-21-22-18(25-17)26-11-15-19-20-16(24-15)12-7-3-2-4-8-12/h2-10H,11H2,1H3. The molecule has 0 saturated carbocycles. The Morgan fingerprint density at radius 2 is 1.62 bits per heavy atom. The molecule has 0 atom stereocenters. The zero-order valence-corrected chi connectivity index (χ0v) is 14.6. The third-order valence-corrected chi connectivity index (χ3v) is 4.35. The third kappa shape index (κ3) is 3.45. The van der Waals surface area contributed by atoms with E-state index in [0.717, 1.165) is 11.1 Å². The molecule has 0 N–H and O–H groups in total. The van der Waals surface area contributed by atoms with Crippen molar-refractivity contribution in [2.45, 2.75) is 11.0 Å². The van der Waals surface area contributed by atoms with E-state index in [1.807, 2.05) is 54.6 Å². The molecule has 0 amide bonds. The van der Waals surface area contributed by atoms with Crippen molar-refractivity contribution in [3.63, 3.8) is 0 Å². The predicted molar refractivity (Wildman–Crippen MR) is 95.6 cm³/mol. The second-order valence-corrected chi connectivity index (χ2v) is 6.16. The number of thioether (sulfide) groups is 1. The summed E-state index contributed by atoms with van der Waals surface area (Å²) in [6.45, 7) is 0. The average molecular weight is 366 g/mol. The number of para-hydroxylation sites is 1. The Bertz CT molecular complexity index is 1000. The predicted octanol–water partition coefficient (Wildman–Crippen LogP) is 4.09. The first-order valence-corrected chi connectivity index (χ1v) is 8.79. The Balaban J connectivity index is 1.45. The van der Waals surface area contributed by atoms with Gasteiger partial charge in [-0.1, -0.05) is 42.1 Å². The maximum absolute atomic E-state index is 5.70. The molecule has 0 radical (unpaired) electrons. The minimum absolute atomic E-state index is 0.403. The van der Waals surface area contributed by atoms with Crippen LogP contribution >= 0.6 is 11.8 Å². The Morgan fingerprint density at radius 3 is 2.46 bits per heavy atom. The highest BCUT2D eigenvalue weighted by Gasteiger charge is 2.15. The summed E-state index contributed by atoms with van der Waals surface area (Å²) in [6, 6.07) is 17.1. The highest BCUT2D eigenvalue weighted by molar-refractivity contribution is 7.98. The van der Waals surface area contributed by atoms with Gasteiger partial charge in [0.05, 0.1) is 18.4 Å². The molecule has 2 aromatic carbocycles. The Morgan fingerprint density at radius 1 is 0.846 bits per heavy atom. The highest BCUT2D eigenvalue weighted by Crippen LogP contribution is 2.31. The van der Waals surface area contributed by atoms with E-state index >= 15 is 0 Å². The van der Waals surface area contributed by atoms with Crippen molar-refractivity contribution in [3.05, 3.63) is 60.5 Å². The fraction of sp³-hybridized carbons (Fsp3) is 0.111. The molecular weight excluding hydrogens is 352 g/mol. The monoisotopic (exact) mass is 366 g/mol. The lowest BCUT2D eigenvalue weighted by molar-refractivity contribution is 0.411. The normalized spacial score (nSPS) is 10.8. The lowest BCUT2D eigenvalue weighted by Gasteiger charge is -2.03. The maximum Gasteiger partial charge on any atom is 0.277 e. The van der Waals surface area contributed by atoms with Gasteiger partial charge in [-0.3, -0.25) is 0 Å². The van der Waals surface area contributed by atoms with Gasteiger partial charge < -0.3 is 13.6 Å². The van der Waals surface area contributed by atoms with Gasteiger partial charge >= 0.3 is 0 Å². The van der Waals surface area contributed by atoms with E-state index < -0.39 is 0 Å². The van der Waals surface area contributed by atoms with Crippen LogP contribution in [0.4, 0.5) is 0 Å². The minimum atomic E-state index is 0.403. The molecule has 0 saturated heterocycles. The second-order valence-electron chi connectivity index (χ2n) is 5.23. The van der Waals surface area contributed by atoms with E-state index in [1.165, 1.54) is 11.8 Å². The lowest BCUT2D eigenvalue weighted by atomic mass is 10.2. The van der Waals surface area contributed by atoms with E-state index in [2.05, 4.69) is 20.4 Å².